The number of rotatable bonds is 4. The minimum absolute atomic E-state index is 0.0337. The van der Waals surface area contributed by atoms with E-state index >= 15 is 0 Å². The molecule has 0 bridgehead atoms. The third kappa shape index (κ3) is 4.87. The highest BCUT2D eigenvalue weighted by Crippen LogP contribution is 2.15. The predicted octanol–water partition coefficient (Wildman–Crippen LogP) is 1.69. The molecule has 1 heterocycles. The first-order valence-corrected chi connectivity index (χ1v) is 6.42. The number of pyridine rings is 1. The van der Waals surface area contributed by atoms with Crippen LogP contribution in [-0.2, 0) is 9.53 Å². The van der Waals surface area contributed by atoms with Gasteiger partial charge in [0.1, 0.15) is 18.0 Å². The van der Waals surface area contributed by atoms with Crippen LogP contribution in [0.3, 0.4) is 0 Å². The molecule has 1 aromatic rings. The van der Waals surface area contributed by atoms with Gasteiger partial charge in [0.25, 0.3) is 0 Å². The summed E-state index contributed by atoms with van der Waals surface area (Å²) >= 11 is 0. The molecule has 110 valence electrons. The van der Waals surface area contributed by atoms with Gasteiger partial charge in [-0.15, -0.1) is 0 Å². The van der Waals surface area contributed by atoms with Crippen LogP contribution >= 0.6 is 0 Å². The van der Waals surface area contributed by atoms with E-state index in [0.29, 0.717) is 11.3 Å². The molecule has 0 amide bonds. The van der Waals surface area contributed by atoms with E-state index in [1.807, 2.05) is 27.7 Å². The molecule has 0 unspecified atom stereocenters. The van der Waals surface area contributed by atoms with Crippen LogP contribution in [0.5, 0.6) is 0 Å². The van der Waals surface area contributed by atoms with Gasteiger partial charge in [-0.1, -0.05) is 0 Å². The molecule has 0 saturated heterocycles. The molecule has 0 fully saturated rings. The van der Waals surface area contributed by atoms with E-state index in [1.165, 1.54) is 0 Å². The molecule has 3 N–H and O–H groups in total. The maximum atomic E-state index is 11.7. The average molecular weight is 278 g/mol. The second-order valence-corrected chi connectivity index (χ2v) is 5.44. The third-order valence-electron chi connectivity index (χ3n) is 2.40. The smallest absolute Gasteiger partial charge is 0.325 e. The highest BCUT2D eigenvalue weighted by Gasteiger charge is 2.16. The molecule has 6 nitrogen and oxygen atoms in total. The molecule has 0 saturated carbocycles. The first-order chi connectivity index (χ1) is 9.23. The molecule has 6 heteroatoms. The summed E-state index contributed by atoms with van der Waals surface area (Å²) in [7, 11) is 1.68. The van der Waals surface area contributed by atoms with E-state index in [-0.39, 0.29) is 18.3 Å². The quantitative estimate of drug-likeness (QED) is 0.443. The van der Waals surface area contributed by atoms with Gasteiger partial charge < -0.3 is 15.4 Å². The number of amidine groups is 1. The lowest BCUT2D eigenvalue weighted by Crippen LogP contribution is -2.29. The second kappa shape index (κ2) is 6.36. The van der Waals surface area contributed by atoms with Gasteiger partial charge in [0.05, 0.1) is 11.9 Å². The number of hydrogen-bond donors (Lipinski definition) is 3. The second-order valence-electron chi connectivity index (χ2n) is 5.44. The highest BCUT2D eigenvalue weighted by atomic mass is 16.6. The van der Waals surface area contributed by atoms with Crippen LogP contribution < -0.4 is 10.6 Å². The maximum Gasteiger partial charge on any atom is 0.325 e. The number of aryl methyl sites for hydroxylation is 1. The molecule has 0 aliphatic heterocycles. The number of aromatic nitrogens is 1. The number of esters is 1. The zero-order valence-electron chi connectivity index (χ0n) is 12.6. The van der Waals surface area contributed by atoms with Crippen LogP contribution in [0.15, 0.2) is 12.3 Å². The lowest BCUT2D eigenvalue weighted by atomic mass is 10.1. The molecular weight excluding hydrogens is 256 g/mol. The Morgan fingerprint density at radius 1 is 1.45 bits per heavy atom. The molecule has 0 aliphatic carbocycles. The lowest BCUT2D eigenvalue weighted by Gasteiger charge is -2.20. The van der Waals surface area contributed by atoms with Crippen LogP contribution in [0.2, 0.25) is 0 Å². The van der Waals surface area contributed by atoms with Crippen molar-refractivity contribution in [3.8, 4) is 0 Å². The first-order valence-electron chi connectivity index (χ1n) is 6.42. The average Bonchev–Trinajstić information content (AvgIpc) is 2.34. The van der Waals surface area contributed by atoms with Crippen molar-refractivity contribution in [2.24, 2.45) is 0 Å². The summed E-state index contributed by atoms with van der Waals surface area (Å²) in [6.45, 7) is 7.34. The van der Waals surface area contributed by atoms with E-state index in [2.05, 4.69) is 15.6 Å². The van der Waals surface area contributed by atoms with Gasteiger partial charge in [0, 0.05) is 18.3 Å². The lowest BCUT2D eigenvalue weighted by molar-refractivity contribution is -0.152. The molecule has 20 heavy (non-hydrogen) atoms. The fourth-order valence-corrected chi connectivity index (χ4v) is 1.59. The minimum Gasteiger partial charge on any atom is -0.459 e. The normalized spacial score (nSPS) is 10.8. The van der Waals surface area contributed by atoms with Crippen molar-refractivity contribution in [1.82, 2.24) is 10.3 Å². The molecule has 0 radical (unpaired) electrons. The van der Waals surface area contributed by atoms with E-state index in [0.717, 1.165) is 5.69 Å². The summed E-state index contributed by atoms with van der Waals surface area (Å²) in [4.78, 5) is 15.8. The van der Waals surface area contributed by atoms with Crippen molar-refractivity contribution in [1.29, 1.82) is 5.41 Å². The van der Waals surface area contributed by atoms with Gasteiger partial charge in [-0.2, -0.15) is 0 Å². The van der Waals surface area contributed by atoms with Crippen LogP contribution in [0, 0.1) is 12.3 Å². The standard InChI is InChI=1S/C14H22N4O2/c1-9-6-10(13(15)16-5)11(7-17-9)18-8-12(19)20-14(2,3)4/h6-7,18H,8H2,1-5H3,(H2,15,16). The zero-order valence-corrected chi connectivity index (χ0v) is 12.6. The molecule has 0 atom stereocenters. The van der Waals surface area contributed by atoms with Crippen molar-refractivity contribution in [3.05, 3.63) is 23.5 Å². The number of nitrogens with zero attached hydrogens (tertiary/aromatic N) is 1. The van der Waals surface area contributed by atoms with Gasteiger partial charge in [0.15, 0.2) is 0 Å². The van der Waals surface area contributed by atoms with E-state index < -0.39 is 5.60 Å². The topological polar surface area (TPSA) is 87.1 Å². The molecule has 0 aromatic carbocycles. The van der Waals surface area contributed by atoms with Crippen LogP contribution in [0.4, 0.5) is 5.69 Å². The molecule has 1 rings (SSSR count). The Labute approximate surface area is 119 Å². The monoisotopic (exact) mass is 278 g/mol. The van der Waals surface area contributed by atoms with Gasteiger partial charge in [-0.05, 0) is 33.8 Å². The summed E-state index contributed by atoms with van der Waals surface area (Å²) < 4.78 is 5.22. The highest BCUT2D eigenvalue weighted by molar-refractivity contribution is 6.01. The van der Waals surface area contributed by atoms with Crippen LogP contribution in [0.25, 0.3) is 0 Å². The maximum absolute atomic E-state index is 11.7. The Bertz CT molecular complexity index is 506. The number of carbonyl (C=O) groups excluding carboxylic acids is 1. The number of anilines is 1. The summed E-state index contributed by atoms with van der Waals surface area (Å²) in [6, 6.07) is 1.79. The predicted molar refractivity (Wildman–Crippen MR) is 79.2 cm³/mol. The Morgan fingerprint density at radius 2 is 2.10 bits per heavy atom. The van der Waals surface area contributed by atoms with Gasteiger partial charge in [0.2, 0.25) is 0 Å². The first kappa shape index (κ1) is 15.9. The van der Waals surface area contributed by atoms with Crippen LogP contribution in [0.1, 0.15) is 32.0 Å². The fourth-order valence-electron chi connectivity index (χ4n) is 1.59. The Balaban J connectivity index is 2.78. The van der Waals surface area contributed by atoms with Crippen molar-refractivity contribution in [2.75, 3.05) is 18.9 Å². The van der Waals surface area contributed by atoms with Gasteiger partial charge in [-0.25, -0.2) is 0 Å². The number of carbonyl (C=O) groups is 1. The van der Waals surface area contributed by atoms with Crippen LogP contribution in [-0.4, -0.2) is 36.0 Å². The minimum atomic E-state index is -0.509. The zero-order chi connectivity index (χ0) is 15.3. The molecule has 0 spiro atoms. The summed E-state index contributed by atoms with van der Waals surface area (Å²) in [6.07, 6.45) is 1.61. The Kier molecular flexibility index (Phi) is 5.07. The third-order valence-corrected chi connectivity index (χ3v) is 2.40. The van der Waals surface area contributed by atoms with Crippen molar-refractivity contribution in [2.45, 2.75) is 33.3 Å². The largest absolute Gasteiger partial charge is 0.459 e. The van der Waals surface area contributed by atoms with Gasteiger partial charge in [-0.3, -0.25) is 15.2 Å². The molecule has 1 aromatic heterocycles. The summed E-state index contributed by atoms with van der Waals surface area (Å²) in [5, 5.41) is 13.6. The molecular formula is C14H22N4O2. The number of ether oxygens (including phenoxy) is 1. The van der Waals surface area contributed by atoms with Crippen molar-refractivity contribution >= 4 is 17.5 Å². The Morgan fingerprint density at radius 3 is 2.65 bits per heavy atom. The van der Waals surface area contributed by atoms with E-state index in [4.69, 9.17) is 10.1 Å². The molecule has 0 aliphatic rings. The van der Waals surface area contributed by atoms with Gasteiger partial charge >= 0.3 is 5.97 Å². The van der Waals surface area contributed by atoms with E-state index in [9.17, 15) is 4.79 Å². The van der Waals surface area contributed by atoms with Crippen molar-refractivity contribution in [3.63, 3.8) is 0 Å². The van der Waals surface area contributed by atoms with Crippen molar-refractivity contribution < 1.29 is 9.53 Å². The number of nitrogens with one attached hydrogen (secondary N) is 3. The Hall–Kier alpha value is -2.11. The van der Waals surface area contributed by atoms with E-state index in [1.54, 1.807) is 19.3 Å². The summed E-state index contributed by atoms with van der Waals surface area (Å²) in [5.41, 5.74) is 1.59. The summed E-state index contributed by atoms with van der Waals surface area (Å²) in [5.74, 6) is -0.0813. The number of hydrogen-bond acceptors (Lipinski definition) is 5. The fraction of sp³-hybridized carbons (Fsp3) is 0.500. The SMILES string of the molecule is CNC(=N)c1cc(C)ncc1NCC(=O)OC(C)(C)C.